The maximum atomic E-state index is 8.36. The third-order valence-electron chi connectivity index (χ3n) is 0. The van der Waals surface area contributed by atoms with Crippen LogP contribution in [0.4, 0.5) is 0 Å². The standard InChI is InChI=1S/Ag.HNO3/c;2-1(3)4/h;(H,2,3,4)/q+1;. The molecule has 0 heterocycles. The van der Waals surface area contributed by atoms with Crippen molar-refractivity contribution in [2.45, 2.75) is 0 Å². The topological polar surface area (TPSA) is 63.4 Å². The average Bonchev–Trinajstić information content (AvgIpc) is 0.811. The molecule has 0 atom stereocenters. The van der Waals surface area contributed by atoms with E-state index in [0.717, 1.165) is 0 Å². The number of hydrogen-bond donors (Lipinski definition) is 1. The molecule has 0 aliphatic heterocycles. The van der Waals surface area contributed by atoms with Gasteiger partial charge in [0.1, 0.15) is 0 Å². The summed E-state index contributed by atoms with van der Waals surface area (Å²) in [5.41, 5.74) is 0. The van der Waals surface area contributed by atoms with Crippen molar-refractivity contribution in [2.24, 2.45) is 0 Å². The second-order valence-corrected chi connectivity index (χ2v) is 0.238. The zero-order valence-electron chi connectivity index (χ0n) is 2.01. The van der Waals surface area contributed by atoms with E-state index in [1.165, 1.54) is 0 Å². The normalized spacial score (nSPS) is 4.80. The molecule has 0 saturated heterocycles. The minimum atomic E-state index is -1.50. The minimum Gasteiger partial charge on any atom is -0.328 e. The minimum absolute atomic E-state index is 0. The average molecular weight is 171 g/mol. The summed E-state index contributed by atoms with van der Waals surface area (Å²) in [6, 6.07) is 0. The fourth-order valence-electron chi connectivity index (χ4n) is 0. The van der Waals surface area contributed by atoms with Crippen molar-refractivity contribution in [1.82, 2.24) is 0 Å². The number of rotatable bonds is 0. The molecule has 0 saturated carbocycles. The Morgan fingerprint density at radius 2 is 1.80 bits per heavy atom. The van der Waals surface area contributed by atoms with Crippen LogP contribution in [-0.2, 0) is 22.4 Å². The fourth-order valence-corrected chi connectivity index (χ4v) is 0. The van der Waals surface area contributed by atoms with Crippen LogP contribution in [0.25, 0.3) is 0 Å². The first-order valence-electron chi connectivity index (χ1n) is 0.565. The van der Waals surface area contributed by atoms with Gasteiger partial charge in [-0.2, -0.15) is 0 Å². The SMILES string of the molecule is O=[N+]([O-])O.[Ag+]. The van der Waals surface area contributed by atoms with Crippen LogP contribution >= 0.6 is 0 Å². The van der Waals surface area contributed by atoms with Crippen LogP contribution in [0.2, 0.25) is 0 Å². The summed E-state index contributed by atoms with van der Waals surface area (Å²) < 4.78 is 0. The number of nitrogens with zero attached hydrogens (tertiary/aromatic N) is 1. The summed E-state index contributed by atoms with van der Waals surface area (Å²) in [5, 5.41) is 13.6. The fraction of sp³-hybridized carbons (Fsp3) is 0. The van der Waals surface area contributed by atoms with Gasteiger partial charge in [0.05, 0.1) is 0 Å². The van der Waals surface area contributed by atoms with Gasteiger partial charge in [-0.1, -0.05) is 0 Å². The largest absolute Gasteiger partial charge is 1.00 e. The van der Waals surface area contributed by atoms with E-state index in [4.69, 9.17) is 15.3 Å². The van der Waals surface area contributed by atoms with E-state index in [1.807, 2.05) is 0 Å². The Kier molecular flexibility index (Phi) is 6.99. The first-order chi connectivity index (χ1) is 1.73. The van der Waals surface area contributed by atoms with Gasteiger partial charge < -0.3 is 5.21 Å². The summed E-state index contributed by atoms with van der Waals surface area (Å²) in [6.07, 6.45) is 0. The van der Waals surface area contributed by atoms with E-state index in [1.54, 1.807) is 0 Å². The van der Waals surface area contributed by atoms with Gasteiger partial charge in [0.15, 0.2) is 0 Å². The van der Waals surface area contributed by atoms with E-state index in [9.17, 15) is 0 Å². The van der Waals surface area contributed by atoms with Gasteiger partial charge in [-0.15, -0.1) is 10.1 Å². The molecular weight excluding hydrogens is 170 g/mol. The Bertz CT molecular complexity index is 29.9. The van der Waals surface area contributed by atoms with Crippen molar-refractivity contribution in [3.63, 3.8) is 0 Å². The Hall–Kier alpha value is -0.0597. The van der Waals surface area contributed by atoms with Gasteiger partial charge in [0.2, 0.25) is 0 Å². The van der Waals surface area contributed by atoms with Crippen LogP contribution in [0.15, 0.2) is 0 Å². The summed E-state index contributed by atoms with van der Waals surface area (Å²) in [5.74, 6) is 0. The van der Waals surface area contributed by atoms with Crippen molar-refractivity contribution < 1.29 is 32.7 Å². The van der Waals surface area contributed by atoms with Crippen LogP contribution in [0.3, 0.4) is 0 Å². The van der Waals surface area contributed by atoms with Crippen LogP contribution in [0, 0.1) is 10.1 Å². The second kappa shape index (κ2) is 3.94. The first kappa shape index (κ1) is 8.87. The number of hydrogen-bond acceptors (Lipinski definition) is 2. The zero-order chi connectivity index (χ0) is 3.58. The van der Waals surface area contributed by atoms with Crippen molar-refractivity contribution in [1.29, 1.82) is 0 Å². The predicted octanol–water partition coefficient (Wildman–Crippen LogP) is -0.350. The molecule has 0 rings (SSSR count). The van der Waals surface area contributed by atoms with E-state index in [0.29, 0.717) is 0 Å². The maximum absolute atomic E-state index is 8.36. The predicted molar refractivity (Wildman–Crippen MR) is 8.78 cm³/mol. The van der Waals surface area contributed by atoms with Gasteiger partial charge >= 0.3 is 22.4 Å². The van der Waals surface area contributed by atoms with Crippen LogP contribution in [-0.4, -0.2) is 10.3 Å². The van der Waals surface area contributed by atoms with Crippen LogP contribution in [0.5, 0.6) is 0 Å². The smallest absolute Gasteiger partial charge is 0.328 e. The summed E-state index contributed by atoms with van der Waals surface area (Å²) in [6.45, 7) is 0. The molecule has 5 heavy (non-hydrogen) atoms. The molecule has 0 unspecified atom stereocenters. The molecule has 5 heteroatoms. The van der Waals surface area contributed by atoms with Crippen molar-refractivity contribution in [3.05, 3.63) is 10.1 Å². The molecule has 0 aliphatic rings. The van der Waals surface area contributed by atoms with Crippen LogP contribution < -0.4 is 0 Å². The molecule has 34 valence electrons. The Labute approximate surface area is 43.4 Å². The molecule has 1 N–H and O–H groups in total. The third-order valence-corrected chi connectivity index (χ3v) is 0. The van der Waals surface area contributed by atoms with Crippen molar-refractivity contribution in [2.75, 3.05) is 0 Å². The summed E-state index contributed by atoms with van der Waals surface area (Å²) >= 11 is 0. The molecular formula is HAgNO3+. The molecule has 0 fully saturated rings. The van der Waals surface area contributed by atoms with Gasteiger partial charge in [-0.05, 0) is 0 Å². The molecule has 0 bridgehead atoms. The molecule has 0 aliphatic carbocycles. The Balaban J connectivity index is 0. The van der Waals surface area contributed by atoms with Gasteiger partial charge in [0, 0.05) is 0 Å². The van der Waals surface area contributed by atoms with E-state index >= 15 is 0 Å². The molecule has 0 aromatic heterocycles. The van der Waals surface area contributed by atoms with Crippen LogP contribution in [0.1, 0.15) is 0 Å². The van der Waals surface area contributed by atoms with E-state index in [-0.39, 0.29) is 22.4 Å². The second-order valence-electron chi connectivity index (χ2n) is 0.238. The van der Waals surface area contributed by atoms with E-state index < -0.39 is 5.09 Å². The maximum Gasteiger partial charge on any atom is 1.00 e. The molecule has 0 radical (unpaired) electrons. The Morgan fingerprint density at radius 3 is 1.80 bits per heavy atom. The third kappa shape index (κ3) is 4160. The zero-order valence-corrected chi connectivity index (χ0v) is 3.49. The van der Waals surface area contributed by atoms with Gasteiger partial charge in [-0.3, -0.25) is 0 Å². The molecule has 0 aromatic rings. The molecule has 0 aromatic carbocycles. The summed E-state index contributed by atoms with van der Waals surface area (Å²) in [7, 11) is 0. The monoisotopic (exact) mass is 170 g/mol. The Morgan fingerprint density at radius 1 is 1.80 bits per heavy atom. The molecule has 0 amide bonds. The molecule has 4 nitrogen and oxygen atoms in total. The quantitative estimate of drug-likeness (QED) is 0.307. The van der Waals surface area contributed by atoms with Crippen molar-refractivity contribution in [3.8, 4) is 0 Å². The van der Waals surface area contributed by atoms with Gasteiger partial charge in [0.25, 0.3) is 5.09 Å². The van der Waals surface area contributed by atoms with E-state index in [2.05, 4.69) is 0 Å². The molecule has 0 spiro atoms. The van der Waals surface area contributed by atoms with Crippen molar-refractivity contribution >= 4 is 0 Å². The first-order valence-corrected chi connectivity index (χ1v) is 0.565. The summed E-state index contributed by atoms with van der Waals surface area (Å²) in [4.78, 5) is 8.36. The van der Waals surface area contributed by atoms with Gasteiger partial charge in [-0.25, -0.2) is 0 Å².